The van der Waals surface area contributed by atoms with E-state index < -0.39 is 26.7 Å². The van der Waals surface area contributed by atoms with Crippen LogP contribution in [-0.2, 0) is 10.1 Å². The summed E-state index contributed by atoms with van der Waals surface area (Å²) in [7, 11) is -4.13. The van der Waals surface area contributed by atoms with Crippen LogP contribution < -0.4 is 4.90 Å². The van der Waals surface area contributed by atoms with Crippen molar-refractivity contribution in [3.05, 3.63) is 51.2 Å². The van der Waals surface area contributed by atoms with Gasteiger partial charge in [0.2, 0.25) is 0 Å². The first-order chi connectivity index (χ1) is 13.5. The molecule has 155 valence electrons. The largest absolute Gasteiger partial charge is 0.512 e. The van der Waals surface area contributed by atoms with Crippen molar-refractivity contribution >= 4 is 86.2 Å². The zero-order valence-electron chi connectivity index (χ0n) is 16.2. The number of aliphatic hydroxyl groups excluding tert-OH is 1. The van der Waals surface area contributed by atoms with Gasteiger partial charge >= 0.3 is 0 Å². The normalized spacial score (nSPS) is 23.6. The minimum atomic E-state index is -4.13. The summed E-state index contributed by atoms with van der Waals surface area (Å²) >= 11 is 13.4. The van der Waals surface area contributed by atoms with Gasteiger partial charge in [0.05, 0.1) is 27.1 Å². The average Bonchev–Trinajstić information content (AvgIpc) is 2.83. The molecule has 1 radical (unpaired) electrons. The van der Waals surface area contributed by atoms with E-state index in [9.17, 15) is 18.8 Å². The van der Waals surface area contributed by atoms with Crippen molar-refractivity contribution < 1.29 is 18.1 Å². The Morgan fingerprint density at radius 2 is 2.07 bits per heavy atom. The van der Waals surface area contributed by atoms with Crippen LogP contribution in [0.25, 0.3) is 0 Å². The van der Waals surface area contributed by atoms with Crippen molar-refractivity contribution in [2.24, 2.45) is 0 Å². The summed E-state index contributed by atoms with van der Waals surface area (Å²) in [5, 5.41) is 28.7. The number of hydrogen-bond acceptors (Lipinski definition) is 6. The molecule has 0 amide bonds. The van der Waals surface area contributed by atoms with Gasteiger partial charge in [0.1, 0.15) is 17.5 Å². The fourth-order valence-electron chi connectivity index (χ4n) is 3.65. The molecule has 0 bridgehead atoms. The van der Waals surface area contributed by atoms with Gasteiger partial charge in [-0.1, -0.05) is 23.2 Å². The van der Waals surface area contributed by atoms with Gasteiger partial charge in [0.25, 0.3) is 10.1 Å². The standard InChI is InChI=1S/C18H17Cl2N3O4S2.Na/c1-18-13(7-11(24)8-16(18)28-4-5-29(25,26)27)12(9-21)17(22)23(18)10-2-3-14(19)15(20)6-10;/h2-3,6-7,16,22,24H,4-5,8H2,1H3,(H,25,26,27);. The fourth-order valence-corrected chi connectivity index (χ4v) is 6.30. The number of anilines is 1. The molecule has 2 atom stereocenters. The Morgan fingerprint density at radius 3 is 2.63 bits per heavy atom. The molecule has 1 aromatic rings. The molecule has 2 aliphatic rings. The molecule has 1 heterocycles. The van der Waals surface area contributed by atoms with Crippen molar-refractivity contribution in [1.82, 2.24) is 0 Å². The van der Waals surface area contributed by atoms with Crippen molar-refractivity contribution in [3.63, 3.8) is 0 Å². The predicted octanol–water partition coefficient (Wildman–Crippen LogP) is 3.82. The number of aliphatic hydroxyl groups is 1. The minimum Gasteiger partial charge on any atom is -0.512 e. The zero-order chi connectivity index (χ0) is 21.6. The maximum atomic E-state index is 11.1. The molecule has 1 aliphatic heterocycles. The zero-order valence-corrected chi connectivity index (χ0v) is 21.3. The number of benzene rings is 1. The summed E-state index contributed by atoms with van der Waals surface area (Å²) in [6.45, 7) is 1.83. The second kappa shape index (κ2) is 9.43. The Bertz CT molecular complexity index is 1100. The Balaban J connectivity index is 0.00000320. The number of allylic oxidation sites excluding steroid dienone is 1. The van der Waals surface area contributed by atoms with E-state index in [-0.39, 0.29) is 63.9 Å². The molecule has 0 aromatic heterocycles. The maximum absolute atomic E-state index is 11.1. The molecule has 1 aromatic carbocycles. The average molecular weight is 497 g/mol. The first-order valence-corrected chi connectivity index (χ1v) is 11.9. The van der Waals surface area contributed by atoms with E-state index in [2.05, 4.69) is 0 Å². The number of hydrogen-bond donors (Lipinski definition) is 3. The first-order valence-electron chi connectivity index (χ1n) is 8.44. The molecule has 30 heavy (non-hydrogen) atoms. The van der Waals surface area contributed by atoms with E-state index in [4.69, 9.17) is 33.2 Å². The van der Waals surface area contributed by atoms with Gasteiger partial charge in [-0.25, -0.2) is 0 Å². The predicted molar refractivity (Wildman–Crippen MR) is 121 cm³/mol. The Morgan fingerprint density at radius 1 is 1.40 bits per heavy atom. The van der Waals surface area contributed by atoms with E-state index in [0.29, 0.717) is 16.3 Å². The Hall–Kier alpha value is -0.700. The summed E-state index contributed by atoms with van der Waals surface area (Å²) in [6, 6.07) is 6.91. The smallest absolute Gasteiger partial charge is 0.265 e. The van der Waals surface area contributed by atoms with Crippen molar-refractivity contribution in [1.29, 1.82) is 10.7 Å². The number of halogens is 2. The molecule has 12 heteroatoms. The van der Waals surface area contributed by atoms with Gasteiger partial charge in [-0.15, -0.1) is 0 Å². The fraction of sp³-hybridized carbons (Fsp3) is 0.333. The van der Waals surface area contributed by atoms with Gasteiger partial charge < -0.3 is 10.0 Å². The Kier molecular flexibility index (Phi) is 8.03. The van der Waals surface area contributed by atoms with Gasteiger partial charge in [-0.05, 0) is 31.2 Å². The van der Waals surface area contributed by atoms with E-state index in [0.717, 1.165) is 0 Å². The summed E-state index contributed by atoms with van der Waals surface area (Å²) < 4.78 is 31.2. The molecule has 0 spiro atoms. The molecule has 1 aliphatic carbocycles. The van der Waals surface area contributed by atoms with Crippen LogP contribution in [-0.4, -0.2) is 75.8 Å². The molecule has 3 rings (SSSR count). The summed E-state index contributed by atoms with van der Waals surface area (Å²) in [5.41, 5.74) is 0.217. The first kappa shape index (κ1) is 25.6. The van der Waals surface area contributed by atoms with Crippen molar-refractivity contribution in [2.45, 2.75) is 24.1 Å². The van der Waals surface area contributed by atoms with Crippen LogP contribution in [0, 0.1) is 16.7 Å². The minimum absolute atomic E-state index is 0. The number of amidine groups is 1. The van der Waals surface area contributed by atoms with E-state index in [1.54, 1.807) is 23.1 Å². The molecule has 7 nitrogen and oxygen atoms in total. The molecule has 0 saturated heterocycles. The van der Waals surface area contributed by atoms with Crippen LogP contribution in [0.15, 0.2) is 41.2 Å². The van der Waals surface area contributed by atoms with E-state index >= 15 is 0 Å². The van der Waals surface area contributed by atoms with Crippen LogP contribution in [0.4, 0.5) is 5.69 Å². The Labute approximate surface area is 211 Å². The topological polar surface area (TPSA) is 125 Å². The van der Waals surface area contributed by atoms with Crippen LogP contribution >= 0.6 is 35.0 Å². The second-order valence-electron chi connectivity index (χ2n) is 6.82. The number of rotatable bonds is 5. The molecular formula is C18H17Cl2N3NaO4S2. The van der Waals surface area contributed by atoms with Crippen LogP contribution in [0.5, 0.6) is 0 Å². The van der Waals surface area contributed by atoms with Gasteiger partial charge in [0.15, 0.2) is 0 Å². The molecule has 2 unspecified atom stereocenters. The van der Waals surface area contributed by atoms with Crippen LogP contribution in [0.2, 0.25) is 10.0 Å². The maximum Gasteiger partial charge on any atom is 0.265 e. The molecular weight excluding hydrogens is 480 g/mol. The van der Waals surface area contributed by atoms with Crippen LogP contribution in [0.3, 0.4) is 0 Å². The molecule has 0 fully saturated rings. The van der Waals surface area contributed by atoms with E-state index in [1.165, 1.54) is 17.8 Å². The second-order valence-corrected chi connectivity index (χ2v) is 10.5. The van der Waals surface area contributed by atoms with Gasteiger partial charge in [-0.3, -0.25) is 9.96 Å². The number of nitrogens with one attached hydrogen (secondary N) is 1. The summed E-state index contributed by atoms with van der Waals surface area (Å²) in [6.07, 6.45) is 1.70. The van der Waals surface area contributed by atoms with Crippen molar-refractivity contribution in [3.8, 4) is 6.07 Å². The van der Waals surface area contributed by atoms with Crippen LogP contribution in [0.1, 0.15) is 13.3 Å². The molecule has 0 saturated carbocycles. The van der Waals surface area contributed by atoms with Gasteiger partial charge in [-0.2, -0.15) is 25.4 Å². The SMILES string of the molecule is CC12C(=C(C#N)C(=N)N1c1ccc(Cl)c(Cl)c1)C=C(O)CC2SCCS(=O)(=O)O.[Na]. The van der Waals surface area contributed by atoms with Gasteiger partial charge in [0, 0.05) is 58.2 Å². The number of nitrogens with zero attached hydrogens (tertiary/aromatic N) is 2. The third-order valence-corrected chi connectivity index (χ3v) is 8.19. The number of fused-ring (bicyclic) bond motifs is 1. The monoisotopic (exact) mass is 496 g/mol. The van der Waals surface area contributed by atoms with E-state index in [1.807, 2.05) is 13.0 Å². The third-order valence-electron chi connectivity index (χ3n) is 5.01. The summed E-state index contributed by atoms with van der Waals surface area (Å²) in [5.74, 6) is -0.360. The number of nitriles is 1. The third kappa shape index (κ3) is 4.71. The molecule has 3 N–H and O–H groups in total. The quantitative estimate of drug-likeness (QED) is 0.417. The van der Waals surface area contributed by atoms with Crippen molar-refractivity contribution in [2.75, 3.05) is 16.4 Å². The summed E-state index contributed by atoms with van der Waals surface area (Å²) in [4.78, 5) is 1.65. The number of thioether (sulfide) groups is 1.